The maximum Gasteiger partial charge on any atom is 0.416 e. The number of aromatic nitrogens is 2. The highest BCUT2D eigenvalue weighted by molar-refractivity contribution is 6.00. The number of benzene rings is 1. The van der Waals surface area contributed by atoms with E-state index in [9.17, 15) is 18.0 Å². The molecule has 1 aromatic heterocycles. The predicted octanol–water partition coefficient (Wildman–Crippen LogP) is 2.80. The second-order valence-electron chi connectivity index (χ2n) is 4.68. The van der Waals surface area contributed by atoms with E-state index in [-0.39, 0.29) is 23.7 Å². The summed E-state index contributed by atoms with van der Waals surface area (Å²) >= 11 is 0. The number of carbonyl (C=O) groups is 1. The minimum absolute atomic E-state index is 0.0732. The van der Waals surface area contributed by atoms with Gasteiger partial charge in [-0.15, -0.1) is 0 Å². The van der Waals surface area contributed by atoms with Crippen LogP contribution in [0.4, 0.5) is 19.0 Å². The van der Waals surface area contributed by atoms with Crippen LogP contribution in [0, 0.1) is 5.92 Å². The lowest BCUT2D eigenvalue weighted by atomic mass is 10.1. The topological polar surface area (TPSA) is 67.0 Å². The summed E-state index contributed by atoms with van der Waals surface area (Å²) in [5.41, 5.74) is -0.380. The molecule has 1 amide bonds. The number of hydrogen-bond donors (Lipinski definition) is 2. The molecular formula is C13H14F3N3O2. The summed E-state index contributed by atoms with van der Waals surface area (Å²) in [6.45, 7) is 1.86. The number of ether oxygens (including phenoxy) is 1. The van der Waals surface area contributed by atoms with Crippen LogP contribution in [0.1, 0.15) is 12.5 Å². The van der Waals surface area contributed by atoms with Gasteiger partial charge in [0.25, 0.3) is 0 Å². The van der Waals surface area contributed by atoms with E-state index in [0.717, 1.165) is 12.1 Å². The van der Waals surface area contributed by atoms with Gasteiger partial charge < -0.3 is 10.1 Å². The normalized spacial score (nSPS) is 13.4. The molecule has 1 unspecified atom stereocenters. The molecule has 0 aliphatic carbocycles. The third-order valence-electron chi connectivity index (χ3n) is 3.00. The summed E-state index contributed by atoms with van der Waals surface area (Å²) in [4.78, 5) is 11.9. The minimum atomic E-state index is -4.45. The van der Waals surface area contributed by atoms with Crippen molar-refractivity contribution in [2.75, 3.05) is 19.0 Å². The first kappa shape index (κ1) is 15.3. The van der Waals surface area contributed by atoms with Crippen molar-refractivity contribution in [2.45, 2.75) is 13.1 Å². The number of carbonyl (C=O) groups excluding carboxylic acids is 1. The van der Waals surface area contributed by atoms with E-state index in [0.29, 0.717) is 5.52 Å². The molecule has 0 radical (unpaired) electrons. The van der Waals surface area contributed by atoms with Gasteiger partial charge in [0.05, 0.1) is 23.6 Å². The number of nitrogens with one attached hydrogen (secondary N) is 2. The van der Waals surface area contributed by atoms with Gasteiger partial charge in [0.2, 0.25) is 5.91 Å². The van der Waals surface area contributed by atoms with E-state index in [1.54, 1.807) is 6.92 Å². The van der Waals surface area contributed by atoms with E-state index in [1.165, 1.54) is 13.2 Å². The van der Waals surface area contributed by atoms with E-state index in [2.05, 4.69) is 15.5 Å². The molecule has 1 heterocycles. The molecule has 0 spiro atoms. The average Bonchev–Trinajstić information content (AvgIpc) is 2.80. The van der Waals surface area contributed by atoms with Crippen molar-refractivity contribution >= 4 is 22.6 Å². The van der Waals surface area contributed by atoms with Crippen LogP contribution < -0.4 is 5.32 Å². The zero-order valence-electron chi connectivity index (χ0n) is 11.4. The Hall–Kier alpha value is -2.09. The Morgan fingerprint density at radius 2 is 2.19 bits per heavy atom. The molecule has 2 N–H and O–H groups in total. The largest absolute Gasteiger partial charge is 0.416 e. The molecule has 8 heteroatoms. The van der Waals surface area contributed by atoms with Crippen molar-refractivity contribution in [2.24, 2.45) is 5.92 Å². The molecule has 5 nitrogen and oxygen atoms in total. The van der Waals surface area contributed by atoms with Gasteiger partial charge in [-0.2, -0.15) is 18.3 Å². The van der Waals surface area contributed by atoms with E-state index >= 15 is 0 Å². The van der Waals surface area contributed by atoms with Crippen LogP contribution in [0.2, 0.25) is 0 Å². The molecule has 0 fully saturated rings. The smallest absolute Gasteiger partial charge is 0.384 e. The summed E-state index contributed by atoms with van der Waals surface area (Å²) in [5, 5.41) is 9.13. The third-order valence-corrected chi connectivity index (χ3v) is 3.00. The maximum atomic E-state index is 12.7. The zero-order chi connectivity index (χ0) is 15.6. The van der Waals surface area contributed by atoms with Gasteiger partial charge in [0, 0.05) is 12.5 Å². The van der Waals surface area contributed by atoms with Gasteiger partial charge in [-0.05, 0) is 18.2 Å². The van der Waals surface area contributed by atoms with E-state index < -0.39 is 17.7 Å². The number of methoxy groups -OCH3 is 1. The molecule has 1 atom stereocenters. The van der Waals surface area contributed by atoms with Crippen LogP contribution in [0.15, 0.2) is 18.2 Å². The first-order valence-electron chi connectivity index (χ1n) is 6.18. The van der Waals surface area contributed by atoms with Crippen LogP contribution in [-0.2, 0) is 15.7 Å². The molecule has 0 saturated carbocycles. The number of amides is 1. The molecule has 0 bridgehead atoms. The lowest BCUT2D eigenvalue weighted by Gasteiger charge is -2.10. The van der Waals surface area contributed by atoms with Crippen LogP contribution in [0.25, 0.3) is 10.9 Å². The highest BCUT2D eigenvalue weighted by atomic mass is 19.4. The highest BCUT2D eigenvalue weighted by Crippen LogP contribution is 2.32. The van der Waals surface area contributed by atoms with Crippen LogP contribution in [0.3, 0.4) is 0 Å². The van der Waals surface area contributed by atoms with Gasteiger partial charge in [0.1, 0.15) is 0 Å². The second kappa shape index (κ2) is 5.72. The number of aromatic amines is 1. The van der Waals surface area contributed by atoms with Crippen molar-refractivity contribution in [3.8, 4) is 0 Å². The predicted molar refractivity (Wildman–Crippen MR) is 70.8 cm³/mol. The molecule has 0 aliphatic rings. The summed E-state index contributed by atoms with van der Waals surface area (Å²) in [6, 6.07) is 3.19. The summed E-state index contributed by atoms with van der Waals surface area (Å²) < 4.78 is 43.0. The van der Waals surface area contributed by atoms with Gasteiger partial charge >= 0.3 is 6.18 Å². The SMILES string of the molecule is COCC(C)C(=O)Nc1n[nH]c2ccc(C(F)(F)F)cc12. The Kier molecular flexibility index (Phi) is 4.17. The third kappa shape index (κ3) is 3.33. The Morgan fingerprint density at radius 1 is 1.48 bits per heavy atom. The standard InChI is InChI=1S/C13H14F3N3O2/c1-7(6-21-2)12(20)17-11-9-5-8(13(14,15)16)3-4-10(9)18-19-11/h3-5,7H,6H2,1-2H3,(H2,17,18,19,20). The molecule has 2 rings (SSSR count). The Balaban J connectivity index is 2.30. The zero-order valence-corrected chi connectivity index (χ0v) is 11.4. The van der Waals surface area contributed by atoms with E-state index in [4.69, 9.17) is 4.74 Å². The lowest BCUT2D eigenvalue weighted by molar-refractivity contribution is -0.137. The van der Waals surface area contributed by atoms with Gasteiger partial charge in [-0.25, -0.2) is 0 Å². The molecule has 21 heavy (non-hydrogen) atoms. The molecule has 2 aromatic rings. The number of nitrogens with zero attached hydrogens (tertiary/aromatic N) is 1. The second-order valence-corrected chi connectivity index (χ2v) is 4.68. The van der Waals surface area contributed by atoms with Crippen LogP contribution >= 0.6 is 0 Å². The number of anilines is 1. The fraction of sp³-hybridized carbons (Fsp3) is 0.385. The molecule has 114 valence electrons. The number of fused-ring (bicyclic) bond motifs is 1. The number of rotatable bonds is 4. The van der Waals surface area contributed by atoms with Gasteiger partial charge in [0.15, 0.2) is 5.82 Å². The molecule has 1 aromatic carbocycles. The first-order valence-corrected chi connectivity index (χ1v) is 6.18. The minimum Gasteiger partial charge on any atom is -0.384 e. The summed E-state index contributed by atoms with van der Waals surface area (Å²) in [7, 11) is 1.46. The number of hydrogen-bond acceptors (Lipinski definition) is 3. The van der Waals surface area contributed by atoms with Gasteiger partial charge in [-0.3, -0.25) is 9.89 Å². The summed E-state index contributed by atoms with van der Waals surface area (Å²) in [6.07, 6.45) is -4.45. The number of H-pyrrole nitrogens is 1. The molecular weight excluding hydrogens is 287 g/mol. The molecule has 0 aliphatic heterocycles. The van der Waals surface area contributed by atoms with Crippen molar-refractivity contribution in [1.29, 1.82) is 0 Å². The lowest BCUT2D eigenvalue weighted by Crippen LogP contribution is -2.24. The monoisotopic (exact) mass is 301 g/mol. The fourth-order valence-corrected chi connectivity index (χ4v) is 1.85. The van der Waals surface area contributed by atoms with Crippen LogP contribution in [0.5, 0.6) is 0 Å². The Morgan fingerprint density at radius 3 is 2.81 bits per heavy atom. The first-order chi connectivity index (χ1) is 9.82. The number of alkyl halides is 3. The fourth-order valence-electron chi connectivity index (χ4n) is 1.85. The quantitative estimate of drug-likeness (QED) is 0.912. The van der Waals surface area contributed by atoms with Gasteiger partial charge in [-0.1, -0.05) is 6.92 Å². The van der Waals surface area contributed by atoms with E-state index in [1.807, 2.05) is 0 Å². The highest BCUT2D eigenvalue weighted by Gasteiger charge is 2.31. The van der Waals surface area contributed by atoms with Crippen molar-refractivity contribution in [3.63, 3.8) is 0 Å². The summed E-state index contributed by atoms with van der Waals surface area (Å²) in [5.74, 6) is -0.737. The van der Waals surface area contributed by atoms with Crippen molar-refractivity contribution in [3.05, 3.63) is 23.8 Å². The van der Waals surface area contributed by atoms with Crippen molar-refractivity contribution in [1.82, 2.24) is 10.2 Å². The Labute approximate surface area is 118 Å². The maximum absolute atomic E-state index is 12.7. The Bertz CT molecular complexity index is 652. The average molecular weight is 301 g/mol. The number of halogens is 3. The molecule has 0 saturated heterocycles. The van der Waals surface area contributed by atoms with Crippen LogP contribution in [-0.4, -0.2) is 29.8 Å². The van der Waals surface area contributed by atoms with Crippen molar-refractivity contribution < 1.29 is 22.7 Å².